The van der Waals surface area contributed by atoms with Crippen LogP contribution in [0.15, 0.2) is 0 Å². The minimum absolute atomic E-state index is 0.00819. The van der Waals surface area contributed by atoms with Gasteiger partial charge in [0.1, 0.15) is 0 Å². The van der Waals surface area contributed by atoms with Gasteiger partial charge in [-0.05, 0) is 37.0 Å². The average molecular weight is 255 g/mol. The highest BCUT2D eigenvalue weighted by Crippen LogP contribution is 2.38. The second-order valence-corrected chi connectivity index (χ2v) is 6.43. The molecule has 1 fully saturated rings. The van der Waals surface area contributed by atoms with Crippen LogP contribution in [0.2, 0.25) is 0 Å². The van der Waals surface area contributed by atoms with E-state index in [1.807, 2.05) is 0 Å². The molecule has 0 aromatic carbocycles. The van der Waals surface area contributed by atoms with Crippen molar-refractivity contribution in [1.29, 1.82) is 0 Å². The highest BCUT2D eigenvalue weighted by atomic mass is 16.4. The van der Waals surface area contributed by atoms with Crippen molar-refractivity contribution in [3.8, 4) is 0 Å². The zero-order chi connectivity index (χ0) is 13.8. The SMILES string of the molecule is CC1CC(NC(=O)CCCC(=O)O)CC(C)(C)C1. The number of aliphatic carboxylic acids is 1. The van der Waals surface area contributed by atoms with Gasteiger partial charge in [0.2, 0.25) is 5.91 Å². The van der Waals surface area contributed by atoms with Gasteiger partial charge < -0.3 is 10.4 Å². The number of amides is 1. The van der Waals surface area contributed by atoms with E-state index in [0.717, 1.165) is 12.8 Å². The average Bonchev–Trinajstić information content (AvgIpc) is 2.12. The number of carbonyl (C=O) groups excluding carboxylic acids is 1. The summed E-state index contributed by atoms with van der Waals surface area (Å²) in [7, 11) is 0. The molecular formula is C14H25NO3. The lowest BCUT2D eigenvalue weighted by atomic mass is 9.70. The normalized spacial score (nSPS) is 26.6. The zero-order valence-electron chi connectivity index (χ0n) is 11.7. The molecule has 0 radical (unpaired) electrons. The van der Waals surface area contributed by atoms with Gasteiger partial charge in [-0.15, -0.1) is 0 Å². The first kappa shape index (κ1) is 15.0. The number of carboxylic acid groups (broad SMARTS) is 1. The Morgan fingerprint density at radius 3 is 2.50 bits per heavy atom. The fraction of sp³-hybridized carbons (Fsp3) is 0.857. The van der Waals surface area contributed by atoms with Crippen LogP contribution in [-0.4, -0.2) is 23.0 Å². The highest BCUT2D eigenvalue weighted by molar-refractivity contribution is 5.77. The van der Waals surface area contributed by atoms with Gasteiger partial charge in [-0.3, -0.25) is 9.59 Å². The van der Waals surface area contributed by atoms with E-state index in [9.17, 15) is 9.59 Å². The molecule has 0 aliphatic heterocycles. The van der Waals surface area contributed by atoms with E-state index in [0.29, 0.717) is 18.8 Å². The molecule has 1 rings (SSSR count). The van der Waals surface area contributed by atoms with Crippen LogP contribution < -0.4 is 5.32 Å². The minimum atomic E-state index is -0.838. The molecule has 4 nitrogen and oxygen atoms in total. The number of carbonyl (C=O) groups is 2. The van der Waals surface area contributed by atoms with Gasteiger partial charge in [0, 0.05) is 18.9 Å². The summed E-state index contributed by atoms with van der Waals surface area (Å²) in [5.41, 5.74) is 0.288. The first-order chi connectivity index (χ1) is 8.28. The molecule has 0 aromatic rings. The van der Waals surface area contributed by atoms with Crippen LogP contribution >= 0.6 is 0 Å². The fourth-order valence-corrected chi connectivity index (χ4v) is 3.16. The van der Waals surface area contributed by atoms with E-state index in [1.54, 1.807) is 0 Å². The van der Waals surface area contributed by atoms with E-state index >= 15 is 0 Å². The molecule has 1 aliphatic carbocycles. The maximum atomic E-state index is 11.7. The Morgan fingerprint density at radius 1 is 1.28 bits per heavy atom. The van der Waals surface area contributed by atoms with E-state index in [-0.39, 0.29) is 23.8 Å². The van der Waals surface area contributed by atoms with Gasteiger partial charge in [0.05, 0.1) is 0 Å². The molecule has 2 N–H and O–H groups in total. The third-order valence-electron chi connectivity index (χ3n) is 3.55. The Kier molecular flexibility index (Phi) is 5.17. The monoisotopic (exact) mass is 255 g/mol. The highest BCUT2D eigenvalue weighted by Gasteiger charge is 2.32. The lowest BCUT2D eigenvalue weighted by molar-refractivity contribution is -0.137. The van der Waals surface area contributed by atoms with E-state index < -0.39 is 5.97 Å². The first-order valence-electron chi connectivity index (χ1n) is 6.80. The van der Waals surface area contributed by atoms with Crippen LogP contribution in [0.1, 0.15) is 59.3 Å². The molecule has 0 heterocycles. The quantitative estimate of drug-likeness (QED) is 0.793. The maximum Gasteiger partial charge on any atom is 0.303 e. The van der Waals surface area contributed by atoms with Crippen molar-refractivity contribution in [2.45, 2.75) is 65.3 Å². The van der Waals surface area contributed by atoms with Crippen molar-refractivity contribution in [3.05, 3.63) is 0 Å². The lowest BCUT2D eigenvalue weighted by Crippen LogP contribution is -2.42. The zero-order valence-corrected chi connectivity index (χ0v) is 11.7. The number of rotatable bonds is 5. The molecule has 18 heavy (non-hydrogen) atoms. The van der Waals surface area contributed by atoms with E-state index in [4.69, 9.17) is 5.11 Å². The summed E-state index contributed by atoms with van der Waals surface area (Å²) >= 11 is 0. The van der Waals surface area contributed by atoms with Crippen molar-refractivity contribution in [1.82, 2.24) is 5.32 Å². The van der Waals surface area contributed by atoms with Crippen LogP contribution in [0, 0.1) is 11.3 Å². The Morgan fingerprint density at radius 2 is 1.94 bits per heavy atom. The molecule has 0 saturated heterocycles. The first-order valence-corrected chi connectivity index (χ1v) is 6.80. The van der Waals surface area contributed by atoms with Crippen LogP contribution in [0.3, 0.4) is 0 Å². The summed E-state index contributed by atoms with van der Waals surface area (Å²) in [6.07, 6.45) is 4.07. The third-order valence-corrected chi connectivity index (χ3v) is 3.55. The van der Waals surface area contributed by atoms with Crippen LogP contribution in [0.25, 0.3) is 0 Å². The van der Waals surface area contributed by atoms with Crippen LogP contribution in [-0.2, 0) is 9.59 Å². The van der Waals surface area contributed by atoms with Crippen molar-refractivity contribution < 1.29 is 14.7 Å². The van der Waals surface area contributed by atoms with Crippen molar-refractivity contribution in [3.63, 3.8) is 0 Å². The molecule has 0 aromatic heterocycles. The second-order valence-electron chi connectivity index (χ2n) is 6.43. The van der Waals surface area contributed by atoms with Crippen molar-refractivity contribution in [2.24, 2.45) is 11.3 Å². The van der Waals surface area contributed by atoms with Gasteiger partial charge in [0.15, 0.2) is 0 Å². The molecule has 104 valence electrons. The lowest BCUT2D eigenvalue weighted by Gasteiger charge is -2.39. The van der Waals surface area contributed by atoms with Gasteiger partial charge in [-0.25, -0.2) is 0 Å². The van der Waals surface area contributed by atoms with E-state index in [2.05, 4.69) is 26.1 Å². The summed E-state index contributed by atoms with van der Waals surface area (Å²) in [6, 6.07) is 0.251. The Hall–Kier alpha value is -1.06. The number of hydrogen-bond acceptors (Lipinski definition) is 2. The minimum Gasteiger partial charge on any atom is -0.481 e. The Balaban J connectivity index is 2.33. The fourth-order valence-electron chi connectivity index (χ4n) is 3.16. The summed E-state index contributed by atoms with van der Waals surface area (Å²) in [5.74, 6) is -0.209. The molecule has 2 atom stereocenters. The van der Waals surface area contributed by atoms with Gasteiger partial charge in [0.25, 0.3) is 0 Å². The standard InChI is InChI=1S/C14H25NO3/c1-10-7-11(9-14(2,3)8-10)15-12(16)5-4-6-13(17)18/h10-11H,4-9H2,1-3H3,(H,15,16)(H,17,18). The summed E-state index contributed by atoms with van der Waals surface area (Å²) in [6.45, 7) is 6.71. The smallest absolute Gasteiger partial charge is 0.303 e. The molecular weight excluding hydrogens is 230 g/mol. The topological polar surface area (TPSA) is 66.4 Å². The number of nitrogens with one attached hydrogen (secondary N) is 1. The largest absolute Gasteiger partial charge is 0.481 e. The van der Waals surface area contributed by atoms with Gasteiger partial charge in [-0.2, -0.15) is 0 Å². The molecule has 1 aliphatic rings. The molecule has 1 amide bonds. The predicted molar refractivity (Wildman–Crippen MR) is 70.2 cm³/mol. The van der Waals surface area contributed by atoms with Crippen molar-refractivity contribution in [2.75, 3.05) is 0 Å². The van der Waals surface area contributed by atoms with Crippen LogP contribution in [0.4, 0.5) is 0 Å². The predicted octanol–water partition coefficient (Wildman–Crippen LogP) is 2.57. The van der Waals surface area contributed by atoms with Crippen molar-refractivity contribution >= 4 is 11.9 Å². The Bertz CT molecular complexity index is 312. The van der Waals surface area contributed by atoms with E-state index in [1.165, 1.54) is 6.42 Å². The Labute approximate surface area is 109 Å². The molecule has 2 unspecified atom stereocenters. The molecule has 1 saturated carbocycles. The molecule has 0 spiro atoms. The number of hydrogen-bond donors (Lipinski definition) is 2. The summed E-state index contributed by atoms with van der Waals surface area (Å²) < 4.78 is 0. The van der Waals surface area contributed by atoms with Crippen LogP contribution in [0.5, 0.6) is 0 Å². The maximum absolute atomic E-state index is 11.7. The molecule has 0 bridgehead atoms. The second kappa shape index (κ2) is 6.21. The molecule has 4 heteroatoms. The summed E-state index contributed by atoms with van der Waals surface area (Å²) in [4.78, 5) is 22.1. The number of carboxylic acids is 1. The van der Waals surface area contributed by atoms with Gasteiger partial charge >= 0.3 is 5.97 Å². The van der Waals surface area contributed by atoms with Gasteiger partial charge in [-0.1, -0.05) is 20.8 Å². The summed E-state index contributed by atoms with van der Waals surface area (Å²) in [5, 5.41) is 11.6. The third kappa shape index (κ3) is 5.52.